The third-order valence-electron chi connectivity index (χ3n) is 8.83. The molecule has 0 unspecified atom stereocenters. The summed E-state index contributed by atoms with van der Waals surface area (Å²) in [4.78, 5) is 14.2. The molecule has 1 heterocycles. The molecule has 11 heteroatoms. The maximum absolute atomic E-state index is 14.2. The molecule has 1 N–H and O–H groups in total. The molecule has 2 aromatic rings. The van der Waals surface area contributed by atoms with Crippen molar-refractivity contribution in [1.82, 2.24) is 0 Å². The van der Waals surface area contributed by atoms with Gasteiger partial charge in [0.05, 0.1) is 5.56 Å². The molecule has 0 aromatic heterocycles. The summed E-state index contributed by atoms with van der Waals surface area (Å²) < 4.78 is 41.3. The Hall–Kier alpha value is -3.62. The normalized spacial score (nSPS) is 14.1. The van der Waals surface area contributed by atoms with Gasteiger partial charge in [-0.25, -0.2) is 0 Å². The van der Waals surface area contributed by atoms with E-state index in [1.807, 2.05) is 32.1 Å². The Labute approximate surface area is 332 Å². The number of rotatable bonds is 23. The van der Waals surface area contributed by atoms with Crippen molar-refractivity contribution in [2.45, 2.75) is 111 Å². The van der Waals surface area contributed by atoms with Crippen LogP contribution in [0.4, 0.5) is 0 Å². The molecule has 3 rings (SSSR count). The summed E-state index contributed by atoms with van der Waals surface area (Å²) in [6.45, 7) is 25.2. The number of hydrogen-bond acceptors (Lipinski definition) is 9. The van der Waals surface area contributed by atoms with Crippen molar-refractivity contribution in [2.75, 3.05) is 40.7 Å². The highest BCUT2D eigenvalue weighted by atomic mass is 28.3. The summed E-state index contributed by atoms with van der Waals surface area (Å²) >= 11 is 0. The highest BCUT2D eigenvalue weighted by Crippen LogP contribution is 2.48. The predicted molar refractivity (Wildman–Crippen MR) is 229 cm³/mol. The quantitative estimate of drug-likeness (QED) is 0.0294. The summed E-state index contributed by atoms with van der Waals surface area (Å²) in [5, 5.41) is 11.9. The topological polar surface area (TPSA) is 102 Å². The Balaban J connectivity index is 1.97. The van der Waals surface area contributed by atoms with Crippen LogP contribution in [0.3, 0.4) is 0 Å². The zero-order valence-corrected chi connectivity index (χ0v) is 37.5. The van der Waals surface area contributed by atoms with Crippen molar-refractivity contribution in [3.8, 4) is 28.7 Å². The number of carbonyl (C=O) groups is 1. The number of carbonyl (C=O) groups excluding carboxylic acids is 1. The fourth-order valence-corrected chi connectivity index (χ4v) is 6.99. The molecule has 9 nitrogen and oxygen atoms in total. The van der Waals surface area contributed by atoms with Gasteiger partial charge >= 0.3 is 0 Å². The van der Waals surface area contributed by atoms with Crippen LogP contribution in [0.1, 0.15) is 74.5 Å². The number of benzene rings is 2. The molecule has 0 saturated heterocycles. The van der Waals surface area contributed by atoms with Crippen molar-refractivity contribution in [3.05, 3.63) is 75.9 Å². The maximum atomic E-state index is 14.2. The molecule has 0 radical (unpaired) electrons. The van der Waals surface area contributed by atoms with Crippen molar-refractivity contribution >= 4 is 34.1 Å². The smallest absolute Gasteiger partial charge is 0.193 e. The van der Waals surface area contributed by atoms with Gasteiger partial charge in [0.25, 0.3) is 0 Å². The van der Waals surface area contributed by atoms with Gasteiger partial charge in [-0.3, -0.25) is 4.79 Å². The first-order valence-electron chi connectivity index (χ1n) is 19.3. The summed E-state index contributed by atoms with van der Waals surface area (Å²) in [6.07, 6.45) is 13.4. The Bertz CT molecular complexity index is 1710. The average molecular weight is 795 g/mol. The predicted octanol–water partition coefficient (Wildman–Crippen LogP) is 11.1. The fourth-order valence-electron chi connectivity index (χ4n) is 5.47. The Morgan fingerprint density at radius 1 is 0.873 bits per heavy atom. The number of methoxy groups -OCH3 is 1. The minimum absolute atomic E-state index is 0.0371. The van der Waals surface area contributed by atoms with Crippen LogP contribution in [0.2, 0.25) is 51.4 Å². The van der Waals surface area contributed by atoms with Gasteiger partial charge < -0.3 is 38.3 Å². The van der Waals surface area contributed by atoms with E-state index in [0.29, 0.717) is 53.6 Å². The van der Waals surface area contributed by atoms with Crippen molar-refractivity contribution in [2.24, 2.45) is 0 Å². The zero-order chi connectivity index (χ0) is 40.8. The molecule has 1 aliphatic heterocycles. The molecule has 55 heavy (non-hydrogen) atoms. The molecular formula is C44H66O9Si2. The molecule has 0 bridgehead atoms. The standard InChI is InChI=1S/C44H66O9Si2/c1-32(2)14-13-15-33(3)16-19-35-41(46)40(43-36(42(35)52-29-47-6)22-23-44(4,5)53-43)37(45)20-17-34-18-21-38(50-30-48-24-26-54(7,8)9)39(28-34)51-31-49-25-27-55(10,11)12/h14,16-18,20-23,28,46H,13,15,19,24-27,29-31H2,1-12H3/b20-17+,33-16+. The lowest BCUT2D eigenvalue weighted by Crippen LogP contribution is -2.29. The van der Waals surface area contributed by atoms with Gasteiger partial charge in [0, 0.05) is 42.0 Å². The number of hydrogen-bond donors (Lipinski definition) is 1. The first-order valence-corrected chi connectivity index (χ1v) is 26.7. The molecule has 0 fully saturated rings. The monoisotopic (exact) mass is 794 g/mol. The summed E-state index contributed by atoms with van der Waals surface area (Å²) in [5.74, 6) is 1.06. The van der Waals surface area contributed by atoms with Crippen LogP contribution < -0.4 is 18.9 Å². The lowest BCUT2D eigenvalue weighted by molar-refractivity contribution is 0.00573. The fraction of sp³-hybridized carbons (Fsp3) is 0.523. The lowest BCUT2D eigenvalue weighted by Gasteiger charge is -2.31. The van der Waals surface area contributed by atoms with Crippen LogP contribution in [0, 0.1) is 0 Å². The number of phenols is 1. The summed E-state index contributed by atoms with van der Waals surface area (Å²) in [5.41, 5.74) is 3.54. The number of ketones is 1. The number of allylic oxidation sites excluding steroid dienone is 5. The van der Waals surface area contributed by atoms with E-state index in [0.717, 1.165) is 30.5 Å². The molecule has 0 saturated carbocycles. The van der Waals surface area contributed by atoms with Crippen molar-refractivity contribution < 1.29 is 43.1 Å². The van der Waals surface area contributed by atoms with Gasteiger partial charge in [0.2, 0.25) is 0 Å². The van der Waals surface area contributed by atoms with E-state index in [-0.39, 0.29) is 37.4 Å². The number of aromatic hydroxyl groups is 1. The van der Waals surface area contributed by atoms with Crippen LogP contribution in [0.5, 0.6) is 28.7 Å². The molecule has 304 valence electrons. The van der Waals surface area contributed by atoms with Crippen molar-refractivity contribution in [1.29, 1.82) is 0 Å². The molecule has 1 aliphatic rings. The highest BCUT2D eigenvalue weighted by molar-refractivity contribution is 6.76. The third-order valence-corrected chi connectivity index (χ3v) is 12.2. The van der Waals surface area contributed by atoms with E-state index < -0.39 is 27.5 Å². The number of phenolic OH excluding ortho intramolecular Hbond substituents is 1. The van der Waals surface area contributed by atoms with Crippen LogP contribution in [-0.2, 0) is 20.6 Å². The number of fused-ring (bicyclic) bond motifs is 1. The average Bonchev–Trinajstić information content (AvgIpc) is 3.07. The summed E-state index contributed by atoms with van der Waals surface area (Å²) in [7, 11) is -0.948. The summed E-state index contributed by atoms with van der Waals surface area (Å²) in [6, 6.07) is 7.50. The minimum Gasteiger partial charge on any atom is -0.507 e. The van der Waals surface area contributed by atoms with Gasteiger partial charge in [-0.15, -0.1) is 0 Å². The largest absolute Gasteiger partial charge is 0.507 e. The number of ether oxygens (including phenoxy) is 7. The van der Waals surface area contributed by atoms with Gasteiger partial charge in [-0.2, -0.15) is 0 Å². The van der Waals surface area contributed by atoms with Gasteiger partial charge in [-0.05, 0) is 102 Å². The van der Waals surface area contributed by atoms with Crippen LogP contribution in [0.25, 0.3) is 12.2 Å². The molecule has 0 amide bonds. The molecule has 0 spiro atoms. The second kappa shape index (κ2) is 21.1. The van der Waals surface area contributed by atoms with Gasteiger partial charge in [0.15, 0.2) is 37.7 Å². The van der Waals surface area contributed by atoms with Crippen LogP contribution >= 0.6 is 0 Å². The van der Waals surface area contributed by atoms with Crippen molar-refractivity contribution in [3.63, 3.8) is 0 Å². The van der Waals surface area contributed by atoms with E-state index in [2.05, 4.69) is 72.2 Å². The Morgan fingerprint density at radius 3 is 2.11 bits per heavy atom. The second-order valence-corrected chi connectivity index (χ2v) is 28.5. The van der Waals surface area contributed by atoms with Crippen LogP contribution in [0.15, 0.2) is 53.6 Å². The Kier molecular flexibility index (Phi) is 17.5. The maximum Gasteiger partial charge on any atom is 0.193 e. The molecular weight excluding hydrogens is 729 g/mol. The zero-order valence-electron chi connectivity index (χ0n) is 35.5. The van der Waals surface area contributed by atoms with E-state index >= 15 is 0 Å². The van der Waals surface area contributed by atoms with Gasteiger partial charge in [-0.1, -0.05) is 74.7 Å². The van der Waals surface area contributed by atoms with E-state index in [4.69, 9.17) is 33.2 Å². The third kappa shape index (κ3) is 15.8. The SMILES string of the molecule is COCOc1c2c(c(C(=O)/C=C/c3ccc(OCOCC[Si](C)(C)C)c(OCOCC[Si](C)(C)C)c3)c(O)c1C/C=C(\C)CCC=C(C)C)OC(C)(C)C=C2. The second-order valence-electron chi connectivity index (χ2n) is 17.3. The first-order chi connectivity index (χ1) is 25.8. The van der Waals surface area contributed by atoms with E-state index in [1.54, 1.807) is 18.2 Å². The minimum atomic E-state index is -1.26. The molecule has 0 aliphatic carbocycles. The molecule has 0 atom stereocenters. The van der Waals surface area contributed by atoms with Crippen LogP contribution in [-0.4, -0.2) is 73.3 Å². The Morgan fingerprint density at radius 2 is 1.51 bits per heavy atom. The van der Waals surface area contributed by atoms with Gasteiger partial charge in [0.1, 0.15) is 28.4 Å². The highest BCUT2D eigenvalue weighted by Gasteiger charge is 2.33. The van der Waals surface area contributed by atoms with E-state index in [1.165, 1.54) is 18.8 Å². The lowest BCUT2D eigenvalue weighted by atomic mass is 9.91. The molecule has 2 aromatic carbocycles. The first kappa shape index (κ1) is 45.8. The van der Waals surface area contributed by atoms with E-state index in [9.17, 15) is 9.90 Å².